The number of anilines is 1. The number of carbonyl (C=O) groups excluding carboxylic acids is 2. The van der Waals surface area contributed by atoms with Gasteiger partial charge in [0.05, 0.1) is 24.7 Å². The van der Waals surface area contributed by atoms with Crippen molar-refractivity contribution in [2.45, 2.75) is 11.8 Å². The number of amides is 2. The third-order valence-electron chi connectivity index (χ3n) is 2.96. The van der Waals surface area contributed by atoms with Crippen LogP contribution in [-0.4, -0.2) is 49.9 Å². The summed E-state index contributed by atoms with van der Waals surface area (Å²) in [5.74, 6) is -0.872. The normalized spacial score (nSPS) is 12.2. The maximum atomic E-state index is 12.5. The molecule has 0 saturated heterocycles. The van der Waals surface area contributed by atoms with E-state index in [9.17, 15) is 18.4 Å². The van der Waals surface area contributed by atoms with Crippen LogP contribution in [0.25, 0.3) is 0 Å². The van der Waals surface area contributed by atoms with Gasteiger partial charge in [-0.3, -0.25) is 9.53 Å². The first kappa shape index (κ1) is 24.6. The molecule has 11 nitrogen and oxygen atoms in total. The van der Waals surface area contributed by atoms with Crippen LogP contribution in [-0.2, 0) is 14.7 Å². The topological polar surface area (TPSA) is 156 Å². The van der Waals surface area contributed by atoms with Gasteiger partial charge in [0.2, 0.25) is 5.95 Å². The second kappa shape index (κ2) is 10.4. The number of hydrogen-bond acceptors (Lipinski definition) is 9. The average Bonchev–Trinajstić information content (AvgIpc) is 2.59. The van der Waals surface area contributed by atoms with Crippen LogP contribution in [0.3, 0.4) is 0 Å². The second-order valence-corrected chi connectivity index (χ2v) is 7.64. The first-order chi connectivity index (χ1) is 12.7. The smallest absolute Gasteiger partial charge is 0.760 e. The molecule has 2 amide bonds. The molecule has 1 aromatic carbocycles. The number of aryl methyl sites for hydroxylation is 1. The first-order valence-corrected chi connectivity index (χ1v) is 9.61. The van der Waals surface area contributed by atoms with E-state index in [1.807, 2.05) is 22.6 Å². The number of methoxy groups -OCH3 is 2. The van der Waals surface area contributed by atoms with E-state index in [-0.39, 0.29) is 52.9 Å². The summed E-state index contributed by atoms with van der Waals surface area (Å²) in [6, 6.07) is 2.68. The Kier molecular flexibility index (Phi) is 9.16. The molecule has 0 spiro atoms. The molecule has 0 radical (unpaired) electrons. The van der Waals surface area contributed by atoms with E-state index in [0.29, 0.717) is 3.57 Å². The van der Waals surface area contributed by atoms with Crippen LogP contribution in [0.15, 0.2) is 27.5 Å². The van der Waals surface area contributed by atoms with Crippen molar-refractivity contribution in [3.63, 3.8) is 0 Å². The third kappa shape index (κ3) is 6.31. The molecule has 2 rings (SSSR count). The molecule has 1 heterocycles. The van der Waals surface area contributed by atoms with E-state index in [2.05, 4.69) is 29.4 Å². The quantitative estimate of drug-likeness (QED) is 0.291. The number of aromatic nitrogens is 3. The van der Waals surface area contributed by atoms with Crippen molar-refractivity contribution in [1.82, 2.24) is 15.0 Å². The van der Waals surface area contributed by atoms with E-state index < -0.39 is 26.9 Å². The Hall–Kier alpha value is -1.39. The number of hydrogen-bond donors (Lipinski definition) is 1. The fourth-order valence-corrected chi connectivity index (χ4v) is 3.64. The summed E-state index contributed by atoms with van der Waals surface area (Å²) in [6.45, 7) is 1.53. The van der Waals surface area contributed by atoms with Crippen LogP contribution in [0, 0.1) is 10.5 Å². The summed E-state index contributed by atoms with van der Waals surface area (Å²) < 4.78 is 38.1. The van der Waals surface area contributed by atoms with Gasteiger partial charge in [0.25, 0.3) is 0 Å². The molecule has 1 N–H and O–H groups in total. The van der Waals surface area contributed by atoms with Crippen LogP contribution in [0.5, 0.6) is 6.01 Å². The van der Waals surface area contributed by atoms with Crippen LogP contribution >= 0.6 is 22.6 Å². The molecule has 1 unspecified atom stereocenters. The van der Waals surface area contributed by atoms with E-state index >= 15 is 0 Å². The van der Waals surface area contributed by atoms with Gasteiger partial charge in [-0.15, -0.1) is 4.36 Å². The molecule has 1 atom stereocenters. The van der Waals surface area contributed by atoms with Gasteiger partial charge in [0, 0.05) is 13.6 Å². The van der Waals surface area contributed by atoms with Gasteiger partial charge in [-0.25, -0.2) is 9.59 Å². The molecule has 0 fully saturated rings. The number of rotatable bonds is 4. The maximum Gasteiger partial charge on any atom is 1.00 e. The largest absolute Gasteiger partial charge is 1.00 e. The molecule has 1 aromatic heterocycles. The number of carbonyl (C=O) groups is 2. The first-order valence-electron chi connectivity index (χ1n) is 7.10. The Labute approximate surface area is 196 Å². The minimum Gasteiger partial charge on any atom is -0.760 e. The Morgan fingerprint density at radius 3 is 2.54 bits per heavy atom. The number of esters is 1. The number of halogens is 1. The molecule has 28 heavy (non-hydrogen) atoms. The molecule has 0 aliphatic heterocycles. The summed E-state index contributed by atoms with van der Waals surface area (Å²) in [6.07, 6.45) is 0. The number of nitrogens with one attached hydrogen (secondary N) is 1. The standard InChI is InChI=1S/C14H14IN5O6S.Na/c1-7-16-12(19-14(17-7)26-3)18-13(22)20-27(23,24)10-6-8(15)4-5-9(10)11(21)25-2;/h4-6H,1-3H3,(H2,16,17,18,19,20,22,23,24);/q;+1/p-1. The van der Waals surface area contributed by atoms with Gasteiger partial charge in [-0.2, -0.15) is 15.0 Å². The van der Waals surface area contributed by atoms with E-state index in [1.54, 1.807) is 0 Å². The molecular weight excluding hydrogens is 516 g/mol. The minimum atomic E-state index is -4.51. The number of urea groups is 1. The fraction of sp³-hybridized carbons (Fsp3) is 0.214. The SMILES string of the molecule is COC(=O)c1ccc(I)cc1S(=O)([O-])=NC(=O)Nc1nc(C)nc(OC)n1.[Na+]. The summed E-state index contributed by atoms with van der Waals surface area (Å²) in [5, 5.41) is 2.12. The predicted molar refractivity (Wildman–Crippen MR) is 100 cm³/mol. The number of nitrogens with zero attached hydrogens (tertiary/aromatic N) is 4. The van der Waals surface area contributed by atoms with Gasteiger partial charge in [0.15, 0.2) is 0 Å². The molecule has 144 valence electrons. The number of benzene rings is 1. The molecule has 0 aliphatic carbocycles. The monoisotopic (exact) mass is 529 g/mol. The van der Waals surface area contributed by atoms with Gasteiger partial charge in [-0.05, 0) is 47.7 Å². The number of ether oxygens (including phenoxy) is 2. The third-order valence-corrected chi connectivity index (χ3v) is 4.93. The van der Waals surface area contributed by atoms with Crippen LogP contribution < -0.4 is 39.6 Å². The summed E-state index contributed by atoms with van der Waals surface area (Å²) >= 11 is 1.86. The predicted octanol–water partition coefficient (Wildman–Crippen LogP) is -1.23. The molecular formula is C14H13IN5NaO6S. The molecule has 2 aromatic rings. The Morgan fingerprint density at radius 2 is 1.93 bits per heavy atom. The van der Waals surface area contributed by atoms with Crippen molar-refractivity contribution in [3.05, 3.63) is 33.2 Å². The molecule has 0 aliphatic rings. The zero-order chi connectivity index (χ0) is 20.2. The van der Waals surface area contributed by atoms with Crippen molar-refractivity contribution in [1.29, 1.82) is 0 Å². The zero-order valence-corrected chi connectivity index (χ0v) is 20.2. The van der Waals surface area contributed by atoms with Gasteiger partial charge in [-0.1, -0.05) is 0 Å². The van der Waals surface area contributed by atoms with Crippen molar-refractivity contribution in [3.8, 4) is 6.01 Å². The summed E-state index contributed by atoms with van der Waals surface area (Å²) in [5.41, 5.74) is -0.243. The molecule has 14 heteroatoms. The Morgan fingerprint density at radius 1 is 1.25 bits per heavy atom. The van der Waals surface area contributed by atoms with Crippen molar-refractivity contribution < 1.29 is 57.4 Å². The van der Waals surface area contributed by atoms with Crippen LogP contribution in [0.1, 0.15) is 16.2 Å². The Bertz CT molecular complexity index is 1030. The average molecular weight is 529 g/mol. The zero-order valence-electron chi connectivity index (χ0n) is 15.3. The minimum absolute atomic E-state index is 0. The van der Waals surface area contributed by atoms with E-state index in [1.165, 1.54) is 32.2 Å². The Balaban J connectivity index is 0.00000392. The maximum absolute atomic E-state index is 12.5. The fourth-order valence-electron chi connectivity index (χ4n) is 1.87. The van der Waals surface area contributed by atoms with Crippen LogP contribution in [0.4, 0.5) is 10.7 Å². The van der Waals surface area contributed by atoms with Gasteiger partial charge < -0.3 is 14.0 Å². The van der Waals surface area contributed by atoms with Crippen molar-refractivity contribution in [2.75, 3.05) is 19.5 Å². The van der Waals surface area contributed by atoms with Crippen molar-refractivity contribution >= 4 is 50.5 Å². The second-order valence-electron chi connectivity index (χ2n) is 4.82. The summed E-state index contributed by atoms with van der Waals surface area (Å²) in [4.78, 5) is 34.8. The molecule has 0 saturated carbocycles. The van der Waals surface area contributed by atoms with E-state index in [4.69, 9.17) is 4.74 Å². The van der Waals surface area contributed by atoms with Crippen molar-refractivity contribution in [2.24, 2.45) is 4.36 Å². The molecule has 0 bridgehead atoms. The van der Waals surface area contributed by atoms with Gasteiger partial charge in [0.1, 0.15) is 5.82 Å². The van der Waals surface area contributed by atoms with Gasteiger partial charge >= 0.3 is 47.6 Å². The van der Waals surface area contributed by atoms with E-state index in [0.717, 1.165) is 7.11 Å². The summed E-state index contributed by atoms with van der Waals surface area (Å²) in [7, 11) is -2.08. The van der Waals surface area contributed by atoms with Crippen LogP contribution in [0.2, 0.25) is 0 Å².